The summed E-state index contributed by atoms with van der Waals surface area (Å²) in [6.07, 6.45) is 0. The predicted octanol–water partition coefficient (Wildman–Crippen LogP) is 2.74. The second-order valence-corrected chi connectivity index (χ2v) is 8.10. The minimum atomic E-state index is -0.339. The van der Waals surface area contributed by atoms with E-state index in [-0.39, 0.29) is 24.7 Å². The molecule has 0 aliphatic carbocycles. The van der Waals surface area contributed by atoms with Gasteiger partial charge in [0.2, 0.25) is 6.79 Å². The molecule has 0 saturated carbocycles. The number of amides is 1. The van der Waals surface area contributed by atoms with Crippen LogP contribution in [0.4, 0.5) is 5.69 Å². The SMILES string of the molecule is CC1=NN(c2ccccc2)C(=O)[C@@H]1[C@H](c1ccc2c(c1)OCO2)N1CCN(C)CC1. The number of anilines is 1. The lowest BCUT2D eigenvalue weighted by molar-refractivity contribution is -0.121. The van der Waals surface area contributed by atoms with Crippen LogP contribution < -0.4 is 14.5 Å². The number of piperazine rings is 1. The monoisotopic (exact) mass is 406 g/mol. The summed E-state index contributed by atoms with van der Waals surface area (Å²) in [5.41, 5.74) is 2.70. The quantitative estimate of drug-likeness (QED) is 0.782. The summed E-state index contributed by atoms with van der Waals surface area (Å²) in [5.74, 6) is 1.17. The summed E-state index contributed by atoms with van der Waals surface area (Å²) < 4.78 is 11.1. The number of carbonyl (C=O) groups is 1. The van der Waals surface area contributed by atoms with Crippen molar-refractivity contribution in [3.05, 3.63) is 54.1 Å². The highest BCUT2D eigenvalue weighted by molar-refractivity contribution is 6.15. The number of carbonyl (C=O) groups excluding carboxylic acids is 1. The molecule has 2 atom stereocenters. The van der Waals surface area contributed by atoms with E-state index in [1.165, 1.54) is 0 Å². The van der Waals surface area contributed by atoms with E-state index < -0.39 is 0 Å². The molecule has 1 saturated heterocycles. The van der Waals surface area contributed by atoms with Crippen LogP contribution in [0.3, 0.4) is 0 Å². The van der Waals surface area contributed by atoms with Crippen molar-refractivity contribution in [2.75, 3.05) is 45.0 Å². The molecule has 7 nitrogen and oxygen atoms in total. The van der Waals surface area contributed by atoms with Gasteiger partial charge in [-0.2, -0.15) is 5.10 Å². The molecule has 1 amide bonds. The molecule has 0 radical (unpaired) electrons. The van der Waals surface area contributed by atoms with Gasteiger partial charge in [0.05, 0.1) is 23.4 Å². The fraction of sp³-hybridized carbons (Fsp3) is 0.391. The van der Waals surface area contributed by atoms with Crippen LogP contribution in [0.5, 0.6) is 11.5 Å². The Labute approximate surface area is 176 Å². The van der Waals surface area contributed by atoms with E-state index in [9.17, 15) is 4.79 Å². The zero-order valence-corrected chi connectivity index (χ0v) is 17.3. The van der Waals surface area contributed by atoms with Crippen molar-refractivity contribution in [3.63, 3.8) is 0 Å². The first-order valence-corrected chi connectivity index (χ1v) is 10.4. The summed E-state index contributed by atoms with van der Waals surface area (Å²) in [5, 5.41) is 6.21. The van der Waals surface area contributed by atoms with Crippen molar-refractivity contribution in [3.8, 4) is 11.5 Å². The van der Waals surface area contributed by atoms with Crippen LogP contribution in [0.2, 0.25) is 0 Å². The largest absolute Gasteiger partial charge is 0.454 e. The third-order valence-electron chi connectivity index (χ3n) is 6.17. The summed E-state index contributed by atoms with van der Waals surface area (Å²) in [4.78, 5) is 18.3. The van der Waals surface area contributed by atoms with E-state index in [0.29, 0.717) is 0 Å². The van der Waals surface area contributed by atoms with Crippen LogP contribution in [0.25, 0.3) is 0 Å². The Morgan fingerprint density at radius 3 is 2.50 bits per heavy atom. The van der Waals surface area contributed by atoms with E-state index in [1.54, 1.807) is 5.01 Å². The van der Waals surface area contributed by atoms with E-state index in [2.05, 4.69) is 28.0 Å². The number of hydrogen-bond acceptors (Lipinski definition) is 6. The Hall–Kier alpha value is -2.90. The molecular weight excluding hydrogens is 380 g/mol. The second kappa shape index (κ2) is 7.74. The Balaban J connectivity index is 1.52. The molecule has 3 aliphatic rings. The number of para-hydroxylation sites is 1. The molecule has 3 heterocycles. The molecule has 156 valence electrons. The van der Waals surface area contributed by atoms with Gasteiger partial charge in [-0.25, -0.2) is 5.01 Å². The number of hydrogen-bond donors (Lipinski definition) is 0. The molecular formula is C23H26N4O3. The van der Waals surface area contributed by atoms with Gasteiger partial charge in [0.1, 0.15) is 0 Å². The standard InChI is InChI=1S/C23H26N4O3/c1-16-21(23(28)27(24-16)18-6-4-3-5-7-18)22(26-12-10-25(2)11-13-26)17-8-9-19-20(14-17)30-15-29-19/h3-9,14,21-22H,10-13,15H2,1-2H3/t21-,22-/m0/s1. The van der Waals surface area contributed by atoms with Crippen molar-refractivity contribution >= 4 is 17.3 Å². The van der Waals surface area contributed by atoms with Crippen molar-refractivity contribution in [2.24, 2.45) is 11.0 Å². The molecule has 0 bridgehead atoms. The maximum atomic E-state index is 13.6. The molecule has 30 heavy (non-hydrogen) atoms. The highest BCUT2D eigenvalue weighted by Gasteiger charge is 2.44. The van der Waals surface area contributed by atoms with Crippen molar-refractivity contribution in [1.29, 1.82) is 0 Å². The molecule has 1 fully saturated rings. The van der Waals surface area contributed by atoms with Gasteiger partial charge in [-0.3, -0.25) is 9.69 Å². The Morgan fingerprint density at radius 1 is 1.00 bits per heavy atom. The van der Waals surface area contributed by atoms with Crippen LogP contribution in [0.15, 0.2) is 53.6 Å². The molecule has 0 N–H and O–H groups in total. The number of nitrogens with zero attached hydrogens (tertiary/aromatic N) is 4. The number of hydrazone groups is 1. The summed E-state index contributed by atoms with van der Waals surface area (Å²) in [7, 11) is 2.14. The lowest BCUT2D eigenvalue weighted by atomic mass is 9.87. The van der Waals surface area contributed by atoms with E-state index in [4.69, 9.17) is 9.47 Å². The fourth-order valence-electron chi connectivity index (χ4n) is 4.51. The fourth-order valence-corrected chi connectivity index (χ4v) is 4.51. The van der Waals surface area contributed by atoms with Crippen LogP contribution in [0, 0.1) is 5.92 Å². The molecule has 2 aromatic carbocycles. The molecule has 0 aromatic heterocycles. The number of ether oxygens (including phenoxy) is 2. The summed E-state index contributed by atoms with van der Waals surface area (Å²) in [6.45, 7) is 5.95. The Kier molecular flexibility index (Phi) is 4.92. The maximum absolute atomic E-state index is 13.6. The first-order valence-electron chi connectivity index (χ1n) is 10.4. The topological polar surface area (TPSA) is 57.6 Å². The van der Waals surface area contributed by atoms with Gasteiger partial charge in [-0.1, -0.05) is 24.3 Å². The molecule has 0 spiro atoms. The van der Waals surface area contributed by atoms with Crippen LogP contribution in [0.1, 0.15) is 18.5 Å². The van der Waals surface area contributed by atoms with E-state index >= 15 is 0 Å². The van der Waals surface area contributed by atoms with Crippen molar-refractivity contribution < 1.29 is 14.3 Å². The van der Waals surface area contributed by atoms with Gasteiger partial charge in [0, 0.05) is 26.2 Å². The van der Waals surface area contributed by atoms with Gasteiger partial charge < -0.3 is 14.4 Å². The van der Waals surface area contributed by atoms with Crippen LogP contribution in [-0.2, 0) is 4.79 Å². The molecule has 2 aromatic rings. The lowest BCUT2D eigenvalue weighted by Crippen LogP contribution is -2.49. The first-order chi connectivity index (χ1) is 14.6. The zero-order valence-electron chi connectivity index (χ0n) is 17.3. The van der Waals surface area contributed by atoms with Crippen molar-refractivity contribution in [2.45, 2.75) is 13.0 Å². The summed E-state index contributed by atoms with van der Waals surface area (Å²) >= 11 is 0. The Morgan fingerprint density at radius 2 is 1.73 bits per heavy atom. The molecule has 7 heteroatoms. The van der Waals surface area contributed by atoms with Crippen molar-refractivity contribution in [1.82, 2.24) is 9.80 Å². The lowest BCUT2D eigenvalue weighted by Gasteiger charge is -2.40. The summed E-state index contributed by atoms with van der Waals surface area (Å²) in [6, 6.07) is 15.6. The van der Waals surface area contributed by atoms with Crippen LogP contribution in [-0.4, -0.2) is 61.4 Å². The molecule has 3 aliphatic heterocycles. The predicted molar refractivity (Wildman–Crippen MR) is 115 cm³/mol. The average Bonchev–Trinajstić information content (AvgIpc) is 3.35. The maximum Gasteiger partial charge on any atom is 0.258 e. The smallest absolute Gasteiger partial charge is 0.258 e. The van der Waals surface area contributed by atoms with Gasteiger partial charge in [0.15, 0.2) is 11.5 Å². The van der Waals surface area contributed by atoms with Gasteiger partial charge in [-0.15, -0.1) is 0 Å². The minimum Gasteiger partial charge on any atom is -0.454 e. The number of benzene rings is 2. The van der Waals surface area contributed by atoms with Gasteiger partial charge in [-0.05, 0) is 43.8 Å². The molecule has 0 unspecified atom stereocenters. The molecule has 5 rings (SSSR count). The minimum absolute atomic E-state index is 0.0142. The number of fused-ring (bicyclic) bond motifs is 1. The normalized spacial score (nSPS) is 23.0. The first kappa shape index (κ1) is 19.1. The van der Waals surface area contributed by atoms with Gasteiger partial charge in [0.25, 0.3) is 5.91 Å². The van der Waals surface area contributed by atoms with Crippen LogP contribution >= 0.6 is 0 Å². The second-order valence-electron chi connectivity index (χ2n) is 8.10. The third-order valence-corrected chi connectivity index (χ3v) is 6.17. The van der Waals surface area contributed by atoms with E-state index in [1.807, 2.05) is 49.4 Å². The number of rotatable bonds is 4. The number of likely N-dealkylation sites (N-methyl/N-ethyl adjacent to an activating group) is 1. The van der Waals surface area contributed by atoms with E-state index in [0.717, 1.165) is 54.6 Å². The van der Waals surface area contributed by atoms with Gasteiger partial charge >= 0.3 is 0 Å². The zero-order chi connectivity index (χ0) is 20.7. The Bertz CT molecular complexity index is 970. The third kappa shape index (κ3) is 3.34. The average molecular weight is 406 g/mol. The highest BCUT2D eigenvalue weighted by atomic mass is 16.7. The highest BCUT2D eigenvalue weighted by Crippen LogP contribution is 2.41.